The van der Waals surface area contributed by atoms with Gasteiger partial charge in [-0.2, -0.15) is 0 Å². The Balaban J connectivity index is 1.74. The van der Waals surface area contributed by atoms with Crippen LogP contribution in [-0.4, -0.2) is 24.4 Å². The largest absolute Gasteiger partial charge is 0.352 e. The highest BCUT2D eigenvalue weighted by atomic mass is 32.1. The summed E-state index contributed by atoms with van der Waals surface area (Å²) in [5, 5.41) is 7.19. The molecule has 6 heteroatoms. The molecule has 0 radical (unpaired) electrons. The van der Waals surface area contributed by atoms with E-state index in [0.29, 0.717) is 6.04 Å². The monoisotopic (exact) mass is 253 g/mol. The lowest BCUT2D eigenvalue weighted by atomic mass is 10.2. The van der Waals surface area contributed by atoms with Gasteiger partial charge in [0.25, 0.3) is 0 Å². The van der Waals surface area contributed by atoms with Crippen LogP contribution >= 0.6 is 11.3 Å². The van der Waals surface area contributed by atoms with Crippen LogP contribution in [0, 0.1) is 0 Å². The molecule has 1 aromatic rings. The van der Waals surface area contributed by atoms with E-state index in [0.717, 1.165) is 17.7 Å². The predicted octanol–water partition coefficient (Wildman–Crippen LogP) is 0.143. The number of amides is 2. The van der Waals surface area contributed by atoms with Crippen molar-refractivity contribution in [2.24, 2.45) is 5.73 Å². The summed E-state index contributed by atoms with van der Waals surface area (Å²) in [5.74, 6) is -0.474. The van der Waals surface area contributed by atoms with Crippen LogP contribution in [0.2, 0.25) is 0 Å². The molecule has 0 spiro atoms. The highest BCUT2D eigenvalue weighted by Gasteiger charge is 2.23. The van der Waals surface area contributed by atoms with Crippen LogP contribution in [0.1, 0.15) is 23.8 Å². The summed E-state index contributed by atoms with van der Waals surface area (Å²) in [6.07, 6.45) is 2.07. The molecule has 1 unspecified atom stereocenters. The number of carbonyl (C=O) groups excluding carboxylic acids is 2. The Morgan fingerprint density at radius 1 is 1.53 bits per heavy atom. The Labute approximate surface area is 103 Å². The number of hydrogen-bond donors (Lipinski definition) is 3. The van der Waals surface area contributed by atoms with Crippen LogP contribution in [0.3, 0.4) is 0 Å². The van der Waals surface area contributed by atoms with E-state index in [1.807, 2.05) is 11.4 Å². The van der Waals surface area contributed by atoms with Gasteiger partial charge < -0.3 is 16.4 Å². The third-order valence-electron chi connectivity index (χ3n) is 2.50. The summed E-state index contributed by atoms with van der Waals surface area (Å²) in [6, 6.07) is 3.26. The highest BCUT2D eigenvalue weighted by Crippen LogP contribution is 2.18. The Bertz CT molecular complexity index is 401. The second-order valence-electron chi connectivity index (χ2n) is 4.05. The number of thiophene rings is 1. The second kappa shape index (κ2) is 5.29. The van der Waals surface area contributed by atoms with Gasteiger partial charge in [0.05, 0.1) is 6.54 Å². The van der Waals surface area contributed by atoms with Crippen LogP contribution in [0.5, 0.6) is 0 Å². The van der Waals surface area contributed by atoms with Crippen molar-refractivity contribution in [3.63, 3.8) is 0 Å². The average Bonchev–Trinajstić information content (AvgIpc) is 2.96. The van der Waals surface area contributed by atoms with Crippen molar-refractivity contribution in [3.8, 4) is 0 Å². The van der Waals surface area contributed by atoms with Crippen molar-refractivity contribution in [2.75, 3.05) is 6.54 Å². The van der Waals surface area contributed by atoms with Gasteiger partial charge in [-0.15, -0.1) is 11.3 Å². The van der Waals surface area contributed by atoms with E-state index >= 15 is 0 Å². The zero-order valence-electron chi connectivity index (χ0n) is 9.31. The quantitative estimate of drug-likeness (QED) is 0.698. The average molecular weight is 253 g/mol. The van der Waals surface area contributed by atoms with Gasteiger partial charge in [0.2, 0.25) is 11.8 Å². The third kappa shape index (κ3) is 3.54. The van der Waals surface area contributed by atoms with Crippen LogP contribution in [-0.2, 0) is 9.59 Å². The maximum Gasteiger partial charge on any atom is 0.242 e. The van der Waals surface area contributed by atoms with Crippen molar-refractivity contribution in [2.45, 2.75) is 24.9 Å². The summed E-state index contributed by atoms with van der Waals surface area (Å²) in [6.45, 7) is -0.00555. The van der Waals surface area contributed by atoms with E-state index in [4.69, 9.17) is 5.73 Å². The van der Waals surface area contributed by atoms with Crippen LogP contribution in [0.4, 0.5) is 0 Å². The third-order valence-corrected chi connectivity index (χ3v) is 3.45. The molecule has 1 aromatic heterocycles. The van der Waals surface area contributed by atoms with Crippen LogP contribution < -0.4 is 16.4 Å². The zero-order valence-corrected chi connectivity index (χ0v) is 10.1. The summed E-state index contributed by atoms with van der Waals surface area (Å²) >= 11 is 1.43. The zero-order chi connectivity index (χ0) is 12.3. The molecule has 0 aliphatic heterocycles. The van der Waals surface area contributed by atoms with Gasteiger partial charge in [-0.05, 0) is 24.3 Å². The van der Waals surface area contributed by atoms with E-state index in [1.165, 1.54) is 11.3 Å². The molecular weight excluding hydrogens is 238 g/mol. The molecular formula is C11H15N3O2S. The fraction of sp³-hybridized carbons (Fsp3) is 0.455. The van der Waals surface area contributed by atoms with Crippen molar-refractivity contribution < 1.29 is 9.59 Å². The maximum atomic E-state index is 11.6. The Morgan fingerprint density at radius 2 is 2.29 bits per heavy atom. The molecule has 0 aromatic carbocycles. The molecule has 0 saturated heterocycles. The van der Waals surface area contributed by atoms with E-state index in [-0.39, 0.29) is 18.4 Å². The molecule has 92 valence electrons. The Morgan fingerprint density at radius 3 is 2.88 bits per heavy atom. The lowest BCUT2D eigenvalue weighted by Gasteiger charge is -2.10. The van der Waals surface area contributed by atoms with Crippen molar-refractivity contribution in [3.05, 3.63) is 22.4 Å². The van der Waals surface area contributed by atoms with Gasteiger partial charge in [0, 0.05) is 10.9 Å². The van der Waals surface area contributed by atoms with E-state index < -0.39 is 6.04 Å². The summed E-state index contributed by atoms with van der Waals surface area (Å²) < 4.78 is 0. The van der Waals surface area contributed by atoms with Crippen molar-refractivity contribution in [1.82, 2.24) is 10.6 Å². The fourth-order valence-electron chi connectivity index (χ4n) is 1.38. The minimum absolute atomic E-state index is 0.00555. The molecule has 2 rings (SSSR count). The minimum atomic E-state index is -0.691. The molecule has 4 N–H and O–H groups in total. The first-order valence-corrected chi connectivity index (χ1v) is 6.41. The Hall–Kier alpha value is -1.40. The molecule has 1 atom stereocenters. The molecule has 1 aliphatic rings. The summed E-state index contributed by atoms with van der Waals surface area (Å²) in [7, 11) is 0. The van der Waals surface area contributed by atoms with Crippen LogP contribution in [0.25, 0.3) is 0 Å². The second-order valence-corrected chi connectivity index (χ2v) is 5.03. The standard InChI is InChI=1S/C11H15N3O2S/c12-10(8-2-1-5-17-8)11(16)13-6-9(15)14-7-3-4-7/h1-2,5,7,10H,3-4,6,12H2,(H,13,16)(H,14,15). The van der Waals surface area contributed by atoms with E-state index in [9.17, 15) is 9.59 Å². The lowest BCUT2D eigenvalue weighted by molar-refractivity contribution is -0.126. The van der Waals surface area contributed by atoms with Crippen LogP contribution in [0.15, 0.2) is 17.5 Å². The molecule has 5 nitrogen and oxygen atoms in total. The Kier molecular flexibility index (Phi) is 3.75. The first-order chi connectivity index (χ1) is 8.16. The van der Waals surface area contributed by atoms with E-state index in [1.54, 1.807) is 6.07 Å². The molecule has 1 fully saturated rings. The number of rotatable bonds is 5. The maximum absolute atomic E-state index is 11.6. The van der Waals surface area contributed by atoms with Gasteiger partial charge in [-0.3, -0.25) is 9.59 Å². The highest BCUT2D eigenvalue weighted by molar-refractivity contribution is 7.10. The minimum Gasteiger partial charge on any atom is -0.352 e. The van der Waals surface area contributed by atoms with Gasteiger partial charge in [0.15, 0.2) is 0 Å². The summed E-state index contributed by atoms with van der Waals surface area (Å²) in [4.78, 5) is 23.8. The number of hydrogen-bond acceptors (Lipinski definition) is 4. The molecule has 17 heavy (non-hydrogen) atoms. The van der Waals surface area contributed by atoms with E-state index in [2.05, 4.69) is 10.6 Å². The molecule has 0 bridgehead atoms. The molecule has 1 heterocycles. The first kappa shape index (κ1) is 12.1. The molecule has 1 aliphatic carbocycles. The number of carbonyl (C=O) groups is 2. The van der Waals surface area contributed by atoms with Gasteiger partial charge in [0.1, 0.15) is 6.04 Å². The smallest absolute Gasteiger partial charge is 0.242 e. The van der Waals surface area contributed by atoms with Gasteiger partial charge in [-0.25, -0.2) is 0 Å². The number of nitrogens with two attached hydrogens (primary N) is 1. The van der Waals surface area contributed by atoms with Crippen molar-refractivity contribution in [1.29, 1.82) is 0 Å². The van der Waals surface area contributed by atoms with Gasteiger partial charge >= 0.3 is 0 Å². The lowest BCUT2D eigenvalue weighted by Crippen LogP contribution is -2.41. The first-order valence-electron chi connectivity index (χ1n) is 5.53. The summed E-state index contributed by atoms with van der Waals surface area (Å²) in [5.41, 5.74) is 5.75. The van der Waals surface area contributed by atoms with Gasteiger partial charge in [-0.1, -0.05) is 6.07 Å². The predicted molar refractivity (Wildman–Crippen MR) is 65.4 cm³/mol. The fourth-order valence-corrected chi connectivity index (χ4v) is 2.11. The topological polar surface area (TPSA) is 84.2 Å². The molecule has 1 saturated carbocycles. The SMILES string of the molecule is NC(C(=O)NCC(=O)NC1CC1)c1cccs1. The molecule has 2 amide bonds. The van der Waals surface area contributed by atoms with Crippen molar-refractivity contribution >= 4 is 23.2 Å². The number of nitrogens with one attached hydrogen (secondary N) is 2. The normalized spacial score (nSPS) is 16.3.